The first kappa shape index (κ1) is 20.0. The number of hydrogen-bond donors (Lipinski definition) is 2. The maximum Gasteiger partial charge on any atom is 0.161 e. The molecule has 34 heavy (non-hydrogen) atoms. The Bertz CT molecular complexity index is 1650. The highest BCUT2D eigenvalue weighted by molar-refractivity contribution is 5.97. The van der Waals surface area contributed by atoms with E-state index in [1.165, 1.54) is 0 Å². The van der Waals surface area contributed by atoms with Gasteiger partial charge in [-0.15, -0.1) is 0 Å². The Morgan fingerprint density at radius 1 is 0.941 bits per heavy atom. The number of nitrogens with zero attached hydrogens (tertiary/aromatic N) is 6. The van der Waals surface area contributed by atoms with Gasteiger partial charge in [0.2, 0.25) is 0 Å². The number of hydrogen-bond acceptors (Lipinski definition) is 6. The molecule has 166 valence electrons. The molecule has 0 radical (unpaired) electrons. The zero-order valence-corrected chi connectivity index (χ0v) is 18.4. The first-order valence-corrected chi connectivity index (χ1v) is 10.7. The lowest BCUT2D eigenvalue weighted by Crippen LogP contribution is -2.09. The van der Waals surface area contributed by atoms with E-state index in [-0.39, 0.29) is 5.69 Å². The first-order valence-electron chi connectivity index (χ1n) is 10.7. The number of pyridine rings is 3. The molecule has 1 aromatic carbocycles. The van der Waals surface area contributed by atoms with Crippen LogP contribution in [0, 0.1) is 5.82 Å². The number of benzene rings is 1. The summed E-state index contributed by atoms with van der Waals surface area (Å²) in [5.41, 5.74) is 5.79. The average molecular weight is 450 g/mol. The van der Waals surface area contributed by atoms with Gasteiger partial charge in [0.15, 0.2) is 11.6 Å². The topological polar surface area (TPSA) is 99.3 Å². The number of aromatic nitrogens is 7. The van der Waals surface area contributed by atoms with Gasteiger partial charge in [0.1, 0.15) is 11.4 Å². The Morgan fingerprint density at radius 2 is 1.85 bits per heavy atom. The largest absolute Gasteiger partial charge is 0.376 e. The third-order valence-electron chi connectivity index (χ3n) is 5.74. The quantitative estimate of drug-likeness (QED) is 0.399. The molecule has 9 heteroatoms. The summed E-state index contributed by atoms with van der Waals surface area (Å²) < 4.78 is 15.9. The van der Waals surface area contributed by atoms with Gasteiger partial charge in [0.25, 0.3) is 0 Å². The summed E-state index contributed by atoms with van der Waals surface area (Å²) in [4.78, 5) is 23.0. The number of anilines is 1. The molecule has 0 unspecified atom stereocenters. The van der Waals surface area contributed by atoms with Crippen LogP contribution in [0.3, 0.4) is 0 Å². The molecule has 0 bridgehead atoms. The van der Waals surface area contributed by atoms with Crippen molar-refractivity contribution in [3.63, 3.8) is 0 Å². The van der Waals surface area contributed by atoms with Gasteiger partial charge in [-0.1, -0.05) is 18.2 Å². The maximum atomic E-state index is 15.9. The van der Waals surface area contributed by atoms with E-state index < -0.39 is 5.82 Å². The van der Waals surface area contributed by atoms with E-state index in [4.69, 9.17) is 4.98 Å². The third-order valence-corrected chi connectivity index (χ3v) is 5.74. The molecular formula is C25H19FN8. The smallest absolute Gasteiger partial charge is 0.161 e. The van der Waals surface area contributed by atoms with Crippen molar-refractivity contribution in [1.29, 1.82) is 0 Å². The summed E-state index contributed by atoms with van der Waals surface area (Å²) in [5.74, 6) is -0.0230. The monoisotopic (exact) mass is 450 g/mol. The van der Waals surface area contributed by atoms with Crippen molar-refractivity contribution in [2.24, 2.45) is 0 Å². The second kappa shape index (κ2) is 7.73. The molecule has 6 rings (SSSR count). The van der Waals surface area contributed by atoms with E-state index in [0.717, 1.165) is 28.0 Å². The molecule has 0 atom stereocenters. The number of nitrogens with one attached hydrogen (secondary N) is 2. The minimum atomic E-state index is -0.482. The predicted molar refractivity (Wildman–Crippen MR) is 130 cm³/mol. The van der Waals surface area contributed by atoms with Gasteiger partial charge in [-0.3, -0.25) is 20.1 Å². The van der Waals surface area contributed by atoms with Gasteiger partial charge in [0, 0.05) is 37.6 Å². The second-order valence-corrected chi connectivity index (χ2v) is 8.11. The van der Waals surface area contributed by atoms with Crippen molar-refractivity contribution in [2.75, 3.05) is 19.0 Å². The zero-order valence-electron chi connectivity index (χ0n) is 18.4. The molecule has 0 aliphatic heterocycles. The van der Waals surface area contributed by atoms with Crippen LogP contribution < -0.4 is 4.90 Å². The van der Waals surface area contributed by atoms with Gasteiger partial charge in [-0.25, -0.2) is 9.37 Å². The fourth-order valence-corrected chi connectivity index (χ4v) is 4.03. The van der Waals surface area contributed by atoms with Crippen LogP contribution in [0.15, 0.2) is 67.3 Å². The molecule has 0 aliphatic carbocycles. The SMILES string of the molecule is CN(C)c1cncc(-c2ncc3[nH]nc(-c4nc5cccc(-c6ccccn6)c5[nH]4)c3c2F)c1. The minimum Gasteiger partial charge on any atom is -0.376 e. The summed E-state index contributed by atoms with van der Waals surface area (Å²) in [5, 5.41) is 7.56. The van der Waals surface area contributed by atoms with E-state index in [1.54, 1.807) is 24.8 Å². The van der Waals surface area contributed by atoms with Crippen LogP contribution in [0.25, 0.3) is 56.0 Å². The van der Waals surface area contributed by atoms with Crippen LogP contribution in [-0.2, 0) is 0 Å². The molecule has 0 spiro atoms. The fraction of sp³-hybridized carbons (Fsp3) is 0.0800. The van der Waals surface area contributed by atoms with E-state index in [9.17, 15) is 0 Å². The van der Waals surface area contributed by atoms with E-state index >= 15 is 4.39 Å². The highest BCUT2D eigenvalue weighted by Gasteiger charge is 2.21. The van der Waals surface area contributed by atoms with E-state index in [2.05, 4.69) is 30.1 Å². The van der Waals surface area contributed by atoms with E-state index in [1.807, 2.05) is 61.5 Å². The van der Waals surface area contributed by atoms with Crippen LogP contribution in [-0.4, -0.2) is 49.2 Å². The number of rotatable bonds is 4. The van der Waals surface area contributed by atoms with Crippen molar-refractivity contribution >= 4 is 27.6 Å². The van der Waals surface area contributed by atoms with Gasteiger partial charge >= 0.3 is 0 Å². The summed E-state index contributed by atoms with van der Waals surface area (Å²) in [7, 11) is 3.81. The first-order chi connectivity index (χ1) is 16.6. The molecule has 8 nitrogen and oxygen atoms in total. The average Bonchev–Trinajstić information content (AvgIpc) is 3.49. The molecule has 5 heterocycles. The molecular weight excluding hydrogens is 431 g/mol. The summed E-state index contributed by atoms with van der Waals surface area (Å²) >= 11 is 0. The summed E-state index contributed by atoms with van der Waals surface area (Å²) in [6, 6.07) is 13.4. The molecule has 0 aliphatic rings. The van der Waals surface area contributed by atoms with Gasteiger partial charge in [-0.05, 0) is 24.3 Å². The zero-order chi connectivity index (χ0) is 23.2. The van der Waals surface area contributed by atoms with Crippen molar-refractivity contribution < 1.29 is 4.39 Å². The van der Waals surface area contributed by atoms with E-state index in [0.29, 0.717) is 28.0 Å². The predicted octanol–water partition coefficient (Wildman–Crippen LogP) is 4.83. The summed E-state index contributed by atoms with van der Waals surface area (Å²) in [6.45, 7) is 0. The number of imidazole rings is 1. The highest BCUT2D eigenvalue weighted by atomic mass is 19.1. The van der Waals surface area contributed by atoms with Crippen molar-refractivity contribution in [3.8, 4) is 34.0 Å². The van der Waals surface area contributed by atoms with Gasteiger partial charge in [0.05, 0.1) is 45.7 Å². The number of halogens is 1. The van der Waals surface area contributed by atoms with Crippen LogP contribution in [0.5, 0.6) is 0 Å². The third kappa shape index (κ3) is 3.17. The van der Waals surface area contributed by atoms with Crippen molar-refractivity contribution in [1.82, 2.24) is 35.1 Å². The molecule has 0 amide bonds. The van der Waals surface area contributed by atoms with Crippen molar-refractivity contribution in [2.45, 2.75) is 0 Å². The molecule has 2 N–H and O–H groups in total. The Labute approximate surface area is 193 Å². The fourth-order valence-electron chi connectivity index (χ4n) is 4.03. The lowest BCUT2D eigenvalue weighted by Gasteiger charge is -2.13. The Morgan fingerprint density at radius 3 is 2.68 bits per heavy atom. The molecule has 0 saturated heterocycles. The number of para-hydroxylation sites is 1. The maximum absolute atomic E-state index is 15.9. The van der Waals surface area contributed by atoms with Gasteiger partial charge < -0.3 is 9.88 Å². The van der Waals surface area contributed by atoms with Crippen LogP contribution in [0.2, 0.25) is 0 Å². The number of H-pyrrole nitrogens is 2. The molecule has 6 aromatic rings. The van der Waals surface area contributed by atoms with Crippen LogP contribution in [0.4, 0.5) is 10.1 Å². The number of aromatic amines is 2. The molecule has 0 fully saturated rings. The highest BCUT2D eigenvalue weighted by Crippen LogP contribution is 2.34. The Hall–Kier alpha value is -4.66. The lowest BCUT2D eigenvalue weighted by atomic mass is 10.1. The van der Waals surface area contributed by atoms with Crippen LogP contribution in [0.1, 0.15) is 0 Å². The molecule has 5 aromatic heterocycles. The van der Waals surface area contributed by atoms with Gasteiger partial charge in [-0.2, -0.15) is 5.10 Å². The Balaban J connectivity index is 1.52. The summed E-state index contributed by atoms with van der Waals surface area (Å²) in [6.07, 6.45) is 6.65. The standard InChI is InChI=1S/C25H19FN8/c1-34(2)15-10-14(11-27-12-15)22-21(26)20-19(13-29-22)32-33-24(20)25-30-18-8-5-6-16(23(18)31-25)17-7-3-4-9-28-17/h3-13H,1-2H3,(H,30,31)(H,32,33). The normalized spacial score (nSPS) is 11.4. The van der Waals surface area contributed by atoms with Crippen LogP contribution >= 0.6 is 0 Å². The number of fused-ring (bicyclic) bond motifs is 2. The van der Waals surface area contributed by atoms with Crippen molar-refractivity contribution in [3.05, 3.63) is 73.1 Å². The lowest BCUT2D eigenvalue weighted by molar-refractivity contribution is 0.638. The second-order valence-electron chi connectivity index (χ2n) is 8.11. The molecule has 0 saturated carbocycles. The minimum absolute atomic E-state index is 0.205. The Kier molecular flexibility index (Phi) is 4.54.